The van der Waals surface area contributed by atoms with Gasteiger partial charge in [0.25, 0.3) is 0 Å². The van der Waals surface area contributed by atoms with Gasteiger partial charge in [-0.25, -0.2) is 9.59 Å². The molecule has 2 amide bonds. The lowest BCUT2D eigenvalue weighted by Crippen LogP contribution is -2.40. The minimum absolute atomic E-state index is 0.0315. The summed E-state index contributed by atoms with van der Waals surface area (Å²) in [7, 11) is 0. The van der Waals surface area contributed by atoms with E-state index < -0.39 is 29.9 Å². The molecule has 1 heterocycles. The zero-order valence-electron chi connectivity index (χ0n) is 22.4. The fourth-order valence-electron chi connectivity index (χ4n) is 3.65. The average molecular weight is 541 g/mol. The van der Waals surface area contributed by atoms with Gasteiger partial charge >= 0.3 is 12.2 Å². The van der Waals surface area contributed by atoms with E-state index in [0.717, 1.165) is 11.1 Å². The Hall–Kier alpha value is -4.12. The second kappa shape index (κ2) is 14.1. The lowest BCUT2D eigenvalue weighted by molar-refractivity contribution is 0.0526. The summed E-state index contributed by atoms with van der Waals surface area (Å²) in [6, 6.07) is 15.0. The Morgan fingerprint density at radius 1 is 1.00 bits per heavy atom. The summed E-state index contributed by atoms with van der Waals surface area (Å²) in [5.41, 5.74) is 1.08. The molecule has 2 unspecified atom stereocenters. The van der Waals surface area contributed by atoms with Crippen LogP contribution in [0.25, 0.3) is 0 Å². The van der Waals surface area contributed by atoms with E-state index in [1.807, 2.05) is 30.3 Å². The Bertz CT molecular complexity index is 1180. The molecule has 11 nitrogen and oxygen atoms in total. The lowest BCUT2D eigenvalue weighted by atomic mass is 10.0. The van der Waals surface area contributed by atoms with E-state index in [0.29, 0.717) is 32.2 Å². The quantitative estimate of drug-likeness (QED) is 0.245. The molecule has 0 radical (unpaired) electrons. The van der Waals surface area contributed by atoms with Crippen molar-refractivity contribution in [3.05, 3.63) is 77.4 Å². The van der Waals surface area contributed by atoms with Crippen LogP contribution in [0.15, 0.2) is 59.1 Å². The normalized spacial score (nSPS) is 12.8. The number of benzene rings is 2. The third-order valence-corrected chi connectivity index (χ3v) is 5.55. The summed E-state index contributed by atoms with van der Waals surface area (Å²) in [5.74, 6) is 0.459. The topological polar surface area (TPSA) is 156 Å². The van der Waals surface area contributed by atoms with Crippen LogP contribution in [0.5, 0.6) is 5.75 Å². The number of phenols is 1. The molecule has 3 aromatic rings. The number of hydrogen-bond donors (Lipinski definition) is 4. The number of nitrogens with zero attached hydrogens (tertiary/aromatic N) is 2. The van der Waals surface area contributed by atoms with E-state index in [9.17, 15) is 19.8 Å². The first-order chi connectivity index (χ1) is 18.6. The number of aliphatic hydroxyl groups excluding tert-OH is 1. The number of carbonyl (C=O) groups excluding carboxylic acids is 2. The lowest BCUT2D eigenvalue weighted by Gasteiger charge is -2.22. The highest BCUT2D eigenvalue weighted by atomic mass is 16.6. The average Bonchev–Trinajstić information content (AvgIpc) is 3.35. The molecule has 0 spiro atoms. The van der Waals surface area contributed by atoms with Gasteiger partial charge in [-0.2, -0.15) is 4.98 Å². The Balaban J connectivity index is 1.58. The SMILES string of the molecule is CC(C)(C)OC(=O)NCCCCC(NC(=O)OCc1ccccc1)C(O)c1noc(Cc2ccc(O)cc2)n1. The Labute approximate surface area is 227 Å². The van der Waals surface area contributed by atoms with Crippen LogP contribution in [0.3, 0.4) is 0 Å². The van der Waals surface area contributed by atoms with Crippen molar-refractivity contribution in [2.24, 2.45) is 0 Å². The van der Waals surface area contributed by atoms with Gasteiger partial charge in [0.15, 0.2) is 0 Å². The number of carbonyl (C=O) groups is 2. The molecule has 0 aliphatic heterocycles. The molecule has 2 atom stereocenters. The van der Waals surface area contributed by atoms with E-state index >= 15 is 0 Å². The predicted octanol–water partition coefficient (Wildman–Crippen LogP) is 4.39. The van der Waals surface area contributed by atoms with Crippen molar-refractivity contribution < 1.29 is 33.8 Å². The number of hydrogen-bond acceptors (Lipinski definition) is 9. The zero-order chi connectivity index (χ0) is 28.3. The summed E-state index contributed by atoms with van der Waals surface area (Å²) in [6.45, 7) is 5.81. The van der Waals surface area contributed by atoms with Crippen molar-refractivity contribution in [3.63, 3.8) is 0 Å². The maximum Gasteiger partial charge on any atom is 0.407 e. The molecule has 0 fully saturated rings. The van der Waals surface area contributed by atoms with E-state index in [1.54, 1.807) is 45.0 Å². The van der Waals surface area contributed by atoms with Gasteiger partial charge in [-0.3, -0.25) is 0 Å². The van der Waals surface area contributed by atoms with Gasteiger partial charge in [-0.1, -0.05) is 47.6 Å². The fourth-order valence-corrected chi connectivity index (χ4v) is 3.65. The number of phenolic OH excluding ortho intramolecular Hbond substituents is 1. The van der Waals surface area contributed by atoms with Crippen molar-refractivity contribution in [3.8, 4) is 5.75 Å². The molecule has 11 heteroatoms. The molecular formula is C28H36N4O7. The highest BCUT2D eigenvalue weighted by molar-refractivity contribution is 5.68. The molecule has 4 N–H and O–H groups in total. The number of ether oxygens (including phenoxy) is 2. The van der Waals surface area contributed by atoms with Crippen molar-refractivity contribution in [2.75, 3.05) is 6.54 Å². The first-order valence-corrected chi connectivity index (χ1v) is 12.8. The van der Waals surface area contributed by atoms with Crippen LogP contribution in [0, 0.1) is 0 Å². The van der Waals surface area contributed by atoms with Crippen molar-refractivity contribution in [2.45, 2.75) is 70.8 Å². The van der Waals surface area contributed by atoms with Crippen molar-refractivity contribution >= 4 is 12.2 Å². The third-order valence-electron chi connectivity index (χ3n) is 5.55. The number of alkyl carbamates (subject to hydrolysis) is 2. The first-order valence-electron chi connectivity index (χ1n) is 12.8. The van der Waals surface area contributed by atoms with Gasteiger partial charge in [0.05, 0.1) is 12.5 Å². The van der Waals surface area contributed by atoms with Gasteiger partial charge in [0.2, 0.25) is 11.7 Å². The summed E-state index contributed by atoms with van der Waals surface area (Å²) >= 11 is 0. The third kappa shape index (κ3) is 10.6. The highest BCUT2D eigenvalue weighted by Gasteiger charge is 2.27. The molecule has 1 aromatic heterocycles. The van der Waals surface area contributed by atoms with Gasteiger partial charge in [-0.05, 0) is 63.3 Å². The largest absolute Gasteiger partial charge is 0.508 e. The van der Waals surface area contributed by atoms with E-state index in [-0.39, 0.29) is 24.1 Å². The number of rotatable bonds is 12. The summed E-state index contributed by atoms with van der Waals surface area (Å²) in [6.07, 6.45) is -0.633. The minimum Gasteiger partial charge on any atom is -0.508 e. The standard InChI is InChI=1S/C28H36N4O7/c1-28(2,3)38-26(35)29-16-8-7-11-22(30-27(36)37-18-20-9-5-4-6-10-20)24(34)25-31-23(39-32-25)17-19-12-14-21(33)15-13-19/h4-6,9-10,12-15,22,24,33-34H,7-8,11,16-18H2,1-3H3,(H,29,35)(H,30,36). The number of aliphatic hydroxyl groups is 1. The van der Waals surface area contributed by atoms with Crippen LogP contribution in [0.1, 0.15) is 69.0 Å². The summed E-state index contributed by atoms with van der Waals surface area (Å²) < 4.78 is 15.9. The van der Waals surface area contributed by atoms with E-state index in [2.05, 4.69) is 20.8 Å². The molecule has 0 saturated heterocycles. The number of amides is 2. The second-order valence-electron chi connectivity index (χ2n) is 10.1. The van der Waals surface area contributed by atoms with Crippen LogP contribution in [-0.4, -0.2) is 50.7 Å². The van der Waals surface area contributed by atoms with Crippen molar-refractivity contribution in [1.82, 2.24) is 20.8 Å². The number of nitrogens with one attached hydrogen (secondary N) is 2. The molecule has 2 aromatic carbocycles. The van der Waals surface area contributed by atoms with Gasteiger partial charge in [-0.15, -0.1) is 0 Å². The van der Waals surface area contributed by atoms with Crippen LogP contribution in [0.4, 0.5) is 9.59 Å². The molecule has 0 saturated carbocycles. The Morgan fingerprint density at radius 3 is 2.41 bits per heavy atom. The van der Waals surface area contributed by atoms with Crippen LogP contribution >= 0.6 is 0 Å². The second-order valence-corrected chi connectivity index (χ2v) is 10.1. The molecule has 0 aliphatic carbocycles. The number of aromatic hydroxyl groups is 1. The van der Waals surface area contributed by atoms with Crippen LogP contribution in [0.2, 0.25) is 0 Å². The van der Waals surface area contributed by atoms with E-state index in [4.69, 9.17) is 14.0 Å². The fraction of sp³-hybridized carbons (Fsp3) is 0.429. The summed E-state index contributed by atoms with van der Waals surface area (Å²) in [4.78, 5) is 28.7. The maximum absolute atomic E-state index is 12.5. The molecule has 0 aliphatic rings. The molecule has 210 valence electrons. The Morgan fingerprint density at radius 2 is 1.72 bits per heavy atom. The van der Waals surface area contributed by atoms with Gasteiger partial charge < -0.3 is 34.8 Å². The maximum atomic E-state index is 12.5. The number of unbranched alkanes of at least 4 members (excludes halogenated alkanes) is 1. The minimum atomic E-state index is -1.26. The monoisotopic (exact) mass is 540 g/mol. The molecule has 3 rings (SSSR count). The van der Waals surface area contributed by atoms with Crippen LogP contribution in [-0.2, 0) is 22.5 Å². The van der Waals surface area contributed by atoms with Gasteiger partial charge in [0, 0.05) is 6.54 Å². The van der Waals surface area contributed by atoms with Crippen molar-refractivity contribution in [1.29, 1.82) is 0 Å². The molecule has 39 heavy (non-hydrogen) atoms. The Kier molecular flexibility index (Phi) is 10.7. The highest BCUT2D eigenvalue weighted by Crippen LogP contribution is 2.20. The first kappa shape index (κ1) is 29.4. The predicted molar refractivity (Wildman–Crippen MR) is 142 cm³/mol. The van der Waals surface area contributed by atoms with E-state index in [1.165, 1.54) is 0 Å². The smallest absolute Gasteiger partial charge is 0.407 e. The zero-order valence-corrected chi connectivity index (χ0v) is 22.4. The summed E-state index contributed by atoms with van der Waals surface area (Å²) in [5, 5.41) is 29.8. The van der Waals surface area contributed by atoms with Crippen LogP contribution < -0.4 is 10.6 Å². The number of aromatic nitrogens is 2. The molecular weight excluding hydrogens is 504 g/mol. The van der Waals surface area contributed by atoms with Gasteiger partial charge in [0.1, 0.15) is 24.1 Å². The molecule has 0 bridgehead atoms.